The summed E-state index contributed by atoms with van der Waals surface area (Å²) in [5.41, 5.74) is 0.796. The fraction of sp³-hybridized carbons (Fsp3) is 0.0385. The van der Waals surface area contributed by atoms with Gasteiger partial charge in [0.15, 0.2) is 17.3 Å². The van der Waals surface area contributed by atoms with Crippen LogP contribution in [0.1, 0.15) is 5.56 Å². The van der Waals surface area contributed by atoms with Gasteiger partial charge in [0.05, 0.1) is 16.7 Å². The topological polar surface area (TPSA) is 98.1 Å². The summed E-state index contributed by atoms with van der Waals surface area (Å²) < 4.78 is 12.9. The molecule has 0 bridgehead atoms. The summed E-state index contributed by atoms with van der Waals surface area (Å²) in [4.78, 5) is 39.1. The van der Waals surface area contributed by atoms with Crippen LogP contribution in [-0.2, 0) is 9.59 Å². The standard InChI is InChI=1S/C26H16N2O6/c1-27-24(29)22(17-12-28(26(31)32)18-9-5-4-8-16(17)18)23(25(27)30)21-13-33-19-10-14-6-2-3-7-15(14)11-20(19)34-21/h2-13H,1H3,(H,31,32). The quantitative estimate of drug-likeness (QED) is 0.453. The number of amides is 2. The van der Waals surface area contributed by atoms with Crippen LogP contribution in [0.2, 0.25) is 0 Å². The van der Waals surface area contributed by atoms with E-state index in [1.165, 1.54) is 19.5 Å². The number of aromatic nitrogens is 1. The van der Waals surface area contributed by atoms with Crippen LogP contribution in [0, 0.1) is 0 Å². The SMILES string of the molecule is CN1C(=O)C(C2=COc3cc4ccccc4cc3O2)=C(c2cn(C(=O)O)c3ccccc23)C1=O. The number of hydrogen-bond acceptors (Lipinski definition) is 5. The van der Waals surface area contributed by atoms with Gasteiger partial charge in [0.2, 0.25) is 0 Å². The first-order chi connectivity index (χ1) is 16.4. The molecule has 0 saturated heterocycles. The number of benzene rings is 3. The Balaban J connectivity index is 1.55. The molecule has 0 fully saturated rings. The summed E-state index contributed by atoms with van der Waals surface area (Å²) in [6.45, 7) is 0. The van der Waals surface area contributed by atoms with Crippen LogP contribution in [0.4, 0.5) is 4.79 Å². The first-order valence-electron chi connectivity index (χ1n) is 10.4. The summed E-state index contributed by atoms with van der Waals surface area (Å²) in [7, 11) is 1.37. The number of carboxylic acid groups (broad SMARTS) is 1. The molecule has 4 aromatic rings. The lowest BCUT2D eigenvalue weighted by atomic mass is 9.99. The van der Waals surface area contributed by atoms with Crippen molar-refractivity contribution in [3.8, 4) is 11.5 Å². The Morgan fingerprint density at radius 3 is 2.26 bits per heavy atom. The van der Waals surface area contributed by atoms with E-state index in [1.807, 2.05) is 30.3 Å². The highest BCUT2D eigenvalue weighted by molar-refractivity contribution is 6.38. The number of rotatable bonds is 2. The van der Waals surface area contributed by atoms with Crippen LogP contribution >= 0.6 is 0 Å². The van der Waals surface area contributed by atoms with Gasteiger partial charge in [-0.25, -0.2) is 4.79 Å². The molecule has 0 atom stereocenters. The van der Waals surface area contributed by atoms with Gasteiger partial charge in [-0.3, -0.25) is 19.1 Å². The maximum atomic E-state index is 13.2. The number of carbonyl (C=O) groups excluding carboxylic acids is 2. The number of para-hydroxylation sites is 1. The van der Waals surface area contributed by atoms with Crippen molar-refractivity contribution in [1.29, 1.82) is 0 Å². The van der Waals surface area contributed by atoms with Crippen molar-refractivity contribution in [2.45, 2.75) is 0 Å². The van der Waals surface area contributed by atoms with E-state index in [-0.39, 0.29) is 16.9 Å². The lowest BCUT2D eigenvalue weighted by Gasteiger charge is -2.19. The van der Waals surface area contributed by atoms with Gasteiger partial charge in [-0.2, -0.15) is 0 Å². The van der Waals surface area contributed by atoms with E-state index >= 15 is 0 Å². The molecule has 2 aliphatic heterocycles. The molecule has 8 heteroatoms. The number of carbonyl (C=O) groups is 3. The van der Waals surface area contributed by atoms with E-state index in [9.17, 15) is 19.5 Å². The van der Waals surface area contributed by atoms with E-state index in [0.29, 0.717) is 28.0 Å². The summed E-state index contributed by atoms with van der Waals surface area (Å²) in [5, 5.41) is 12.1. The molecule has 6 rings (SSSR count). The second-order valence-electron chi connectivity index (χ2n) is 7.98. The first kappa shape index (κ1) is 19.8. The highest BCUT2D eigenvalue weighted by atomic mass is 16.6. The van der Waals surface area contributed by atoms with Crippen molar-refractivity contribution in [3.63, 3.8) is 0 Å². The molecule has 2 aliphatic rings. The maximum Gasteiger partial charge on any atom is 0.416 e. The molecule has 3 aromatic carbocycles. The zero-order valence-electron chi connectivity index (χ0n) is 17.8. The Labute approximate surface area is 192 Å². The van der Waals surface area contributed by atoms with Crippen molar-refractivity contribution < 1.29 is 29.0 Å². The van der Waals surface area contributed by atoms with Gasteiger partial charge < -0.3 is 14.6 Å². The van der Waals surface area contributed by atoms with Crippen molar-refractivity contribution in [2.24, 2.45) is 0 Å². The summed E-state index contributed by atoms with van der Waals surface area (Å²) >= 11 is 0. The van der Waals surface area contributed by atoms with E-state index in [2.05, 4.69) is 0 Å². The average Bonchev–Trinajstić information content (AvgIpc) is 3.33. The summed E-state index contributed by atoms with van der Waals surface area (Å²) in [6.07, 6.45) is 1.44. The van der Waals surface area contributed by atoms with Crippen molar-refractivity contribution in [3.05, 3.63) is 90.0 Å². The number of fused-ring (bicyclic) bond motifs is 3. The van der Waals surface area contributed by atoms with Gasteiger partial charge in [0.25, 0.3) is 11.8 Å². The Morgan fingerprint density at radius 2 is 1.53 bits per heavy atom. The van der Waals surface area contributed by atoms with Crippen molar-refractivity contribution in [1.82, 2.24) is 9.47 Å². The lowest BCUT2D eigenvalue weighted by molar-refractivity contribution is -0.135. The van der Waals surface area contributed by atoms with E-state index in [0.717, 1.165) is 20.2 Å². The van der Waals surface area contributed by atoms with Crippen LogP contribution in [0.3, 0.4) is 0 Å². The van der Waals surface area contributed by atoms with E-state index in [1.54, 1.807) is 30.3 Å². The zero-order chi connectivity index (χ0) is 23.6. The monoisotopic (exact) mass is 452 g/mol. The third-order valence-corrected chi connectivity index (χ3v) is 6.05. The molecule has 0 unspecified atom stereocenters. The summed E-state index contributed by atoms with van der Waals surface area (Å²) in [5.74, 6) is -0.149. The fourth-order valence-corrected chi connectivity index (χ4v) is 4.40. The predicted octanol–water partition coefficient (Wildman–Crippen LogP) is 4.39. The van der Waals surface area contributed by atoms with Gasteiger partial charge in [0, 0.05) is 24.2 Å². The minimum atomic E-state index is -1.20. The molecule has 0 aliphatic carbocycles. The minimum Gasteiger partial charge on any atom is -0.464 e. The van der Waals surface area contributed by atoms with Gasteiger partial charge in [0.1, 0.15) is 6.26 Å². The molecule has 2 amide bonds. The second-order valence-corrected chi connectivity index (χ2v) is 7.98. The Hall–Kier alpha value is -4.85. The molecule has 0 spiro atoms. The number of nitrogens with zero attached hydrogens (tertiary/aromatic N) is 2. The average molecular weight is 452 g/mol. The second kappa shape index (κ2) is 7.08. The predicted molar refractivity (Wildman–Crippen MR) is 123 cm³/mol. The van der Waals surface area contributed by atoms with Gasteiger partial charge in [-0.1, -0.05) is 42.5 Å². The van der Waals surface area contributed by atoms with Gasteiger partial charge in [-0.15, -0.1) is 0 Å². The van der Waals surface area contributed by atoms with Gasteiger partial charge in [-0.05, 0) is 29.0 Å². The molecule has 166 valence electrons. The number of likely N-dealkylation sites (N-methyl/N-ethyl adjacent to an activating group) is 1. The minimum absolute atomic E-state index is 0.0135. The normalized spacial score (nSPS) is 15.4. The highest BCUT2D eigenvalue weighted by Crippen LogP contribution is 2.42. The van der Waals surface area contributed by atoms with Crippen LogP contribution in [-0.4, -0.2) is 39.5 Å². The smallest absolute Gasteiger partial charge is 0.416 e. The molecule has 0 radical (unpaired) electrons. The fourth-order valence-electron chi connectivity index (χ4n) is 4.40. The molecule has 3 heterocycles. The molecular weight excluding hydrogens is 436 g/mol. The highest BCUT2D eigenvalue weighted by Gasteiger charge is 2.41. The molecule has 34 heavy (non-hydrogen) atoms. The Kier molecular flexibility index (Phi) is 4.12. The lowest BCUT2D eigenvalue weighted by Crippen LogP contribution is -2.27. The molecular formula is C26H16N2O6. The van der Waals surface area contributed by atoms with Gasteiger partial charge >= 0.3 is 6.09 Å². The number of ether oxygens (including phenoxy) is 2. The molecule has 1 aromatic heterocycles. The third-order valence-electron chi connectivity index (χ3n) is 6.05. The number of hydrogen-bond donors (Lipinski definition) is 1. The third kappa shape index (κ3) is 2.75. The number of imide groups is 1. The first-order valence-corrected chi connectivity index (χ1v) is 10.4. The summed E-state index contributed by atoms with van der Waals surface area (Å²) in [6, 6.07) is 18.1. The maximum absolute atomic E-state index is 13.2. The zero-order valence-corrected chi connectivity index (χ0v) is 17.8. The van der Waals surface area contributed by atoms with Crippen LogP contribution in [0.25, 0.3) is 27.2 Å². The van der Waals surface area contributed by atoms with Crippen LogP contribution in [0.15, 0.2) is 84.5 Å². The Morgan fingerprint density at radius 1 is 0.882 bits per heavy atom. The van der Waals surface area contributed by atoms with E-state index < -0.39 is 17.9 Å². The molecule has 8 nitrogen and oxygen atoms in total. The van der Waals surface area contributed by atoms with E-state index in [4.69, 9.17) is 9.47 Å². The van der Waals surface area contributed by atoms with Crippen molar-refractivity contribution >= 4 is 45.2 Å². The Bertz CT molecular complexity index is 1640. The molecule has 1 N–H and O–H groups in total. The van der Waals surface area contributed by atoms with Crippen molar-refractivity contribution in [2.75, 3.05) is 7.05 Å². The van der Waals surface area contributed by atoms with Crippen LogP contribution in [0.5, 0.6) is 11.5 Å². The largest absolute Gasteiger partial charge is 0.464 e. The molecule has 0 saturated carbocycles. The van der Waals surface area contributed by atoms with Crippen LogP contribution < -0.4 is 9.47 Å².